The molecule has 0 saturated heterocycles. The SMILES string of the molecule is CCCNc1cc(NCC2(CCO)CC2)nc(CCC)n1. The number of hydrogen-bond acceptors (Lipinski definition) is 5. The Labute approximate surface area is 127 Å². The van der Waals surface area contributed by atoms with Crippen molar-refractivity contribution in [2.45, 2.75) is 52.4 Å². The third kappa shape index (κ3) is 4.84. The molecule has 1 aliphatic rings. The van der Waals surface area contributed by atoms with Crippen molar-refractivity contribution in [1.82, 2.24) is 9.97 Å². The van der Waals surface area contributed by atoms with E-state index in [0.29, 0.717) is 5.41 Å². The second-order valence-corrected chi connectivity index (χ2v) is 6.06. The van der Waals surface area contributed by atoms with Gasteiger partial charge in [-0.15, -0.1) is 0 Å². The van der Waals surface area contributed by atoms with Crippen LogP contribution in [-0.4, -0.2) is 34.8 Å². The minimum absolute atomic E-state index is 0.274. The highest BCUT2D eigenvalue weighted by molar-refractivity contribution is 5.47. The standard InChI is InChI=1S/C16H28N4O/c1-3-5-13-19-14(17-9-4-2)11-15(20-13)18-12-16(6-7-16)8-10-21/h11,21H,3-10,12H2,1-2H3,(H2,17,18,19,20). The average Bonchev–Trinajstić information content (AvgIpc) is 3.24. The van der Waals surface area contributed by atoms with Gasteiger partial charge in [0.2, 0.25) is 0 Å². The summed E-state index contributed by atoms with van der Waals surface area (Å²) in [6.45, 7) is 6.38. The molecule has 1 heterocycles. The van der Waals surface area contributed by atoms with E-state index < -0.39 is 0 Å². The van der Waals surface area contributed by atoms with Gasteiger partial charge in [0, 0.05) is 32.2 Å². The number of hydrogen-bond donors (Lipinski definition) is 3. The number of aliphatic hydroxyl groups is 1. The Balaban J connectivity index is 2.01. The Kier molecular flexibility index (Phi) is 5.79. The van der Waals surface area contributed by atoms with E-state index in [1.54, 1.807) is 0 Å². The van der Waals surface area contributed by atoms with Gasteiger partial charge in [-0.1, -0.05) is 13.8 Å². The summed E-state index contributed by atoms with van der Waals surface area (Å²) in [4.78, 5) is 9.15. The zero-order chi connectivity index (χ0) is 15.1. The molecule has 5 heteroatoms. The zero-order valence-corrected chi connectivity index (χ0v) is 13.3. The molecule has 1 aliphatic carbocycles. The van der Waals surface area contributed by atoms with Gasteiger partial charge in [0.1, 0.15) is 17.5 Å². The van der Waals surface area contributed by atoms with Crippen molar-refractivity contribution in [2.24, 2.45) is 5.41 Å². The molecule has 1 saturated carbocycles. The fraction of sp³-hybridized carbons (Fsp3) is 0.750. The predicted octanol–water partition coefficient (Wildman–Crippen LogP) is 2.83. The van der Waals surface area contributed by atoms with Gasteiger partial charge in [-0.05, 0) is 37.5 Å². The molecule has 2 rings (SSSR count). The summed E-state index contributed by atoms with van der Waals surface area (Å²) in [6.07, 6.45) is 6.31. The molecular weight excluding hydrogens is 264 g/mol. The number of aromatic nitrogens is 2. The molecule has 3 N–H and O–H groups in total. The molecular formula is C16H28N4O. The number of aliphatic hydroxyl groups excluding tert-OH is 1. The molecule has 1 fully saturated rings. The lowest BCUT2D eigenvalue weighted by molar-refractivity contribution is 0.253. The van der Waals surface area contributed by atoms with E-state index in [-0.39, 0.29) is 6.61 Å². The van der Waals surface area contributed by atoms with Crippen molar-refractivity contribution in [3.05, 3.63) is 11.9 Å². The molecule has 1 aromatic rings. The highest BCUT2D eigenvalue weighted by Gasteiger charge is 2.41. The van der Waals surface area contributed by atoms with Crippen molar-refractivity contribution in [1.29, 1.82) is 0 Å². The fourth-order valence-electron chi connectivity index (χ4n) is 2.47. The van der Waals surface area contributed by atoms with E-state index in [9.17, 15) is 0 Å². The van der Waals surface area contributed by atoms with Crippen molar-refractivity contribution in [2.75, 3.05) is 30.3 Å². The maximum absolute atomic E-state index is 9.13. The van der Waals surface area contributed by atoms with Gasteiger partial charge < -0.3 is 15.7 Å². The van der Waals surface area contributed by atoms with Crippen LogP contribution in [0.25, 0.3) is 0 Å². The van der Waals surface area contributed by atoms with E-state index in [1.165, 1.54) is 12.8 Å². The molecule has 0 aliphatic heterocycles. The van der Waals surface area contributed by atoms with E-state index >= 15 is 0 Å². The smallest absolute Gasteiger partial charge is 0.133 e. The topological polar surface area (TPSA) is 70.1 Å². The molecule has 0 radical (unpaired) electrons. The fourth-order valence-corrected chi connectivity index (χ4v) is 2.47. The number of anilines is 2. The minimum atomic E-state index is 0.274. The van der Waals surface area contributed by atoms with Gasteiger partial charge >= 0.3 is 0 Å². The molecule has 0 bridgehead atoms. The molecule has 0 amide bonds. The number of rotatable bonds is 10. The van der Waals surface area contributed by atoms with E-state index in [1.807, 2.05) is 6.07 Å². The highest BCUT2D eigenvalue weighted by Crippen LogP contribution is 2.48. The van der Waals surface area contributed by atoms with Crippen LogP contribution in [0.3, 0.4) is 0 Å². The second-order valence-electron chi connectivity index (χ2n) is 6.06. The van der Waals surface area contributed by atoms with Crippen LogP contribution in [0.2, 0.25) is 0 Å². The molecule has 0 aromatic carbocycles. The predicted molar refractivity (Wildman–Crippen MR) is 86.7 cm³/mol. The summed E-state index contributed by atoms with van der Waals surface area (Å²) in [5.74, 6) is 2.70. The van der Waals surface area contributed by atoms with E-state index in [0.717, 1.165) is 56.2 Å². The summed E-state index contributed by atoms with van der Waals surface area (Å²) in [6, 6.07) is 1.99. The van der Waals surface area contributed by atoms with Gasteiger partial charge in [0.25, 0.3) is 0 Å². The summed E-state index contributed by atoms with van der Waals surface area (Å²) in [5.41, 5.74) is 0.293. The van der Waals surface area contributed by atoms with Crippen molar-refractivity contribution in [3.63, 3.8) is 0 Å². The summed E-state index contributed by atoms with van der Waals surface area (Å²) < 4.78 is 0. The van der Waals surface area contributed by atoms with Crippen LogP contribution in [0.5, 0.6) is 0 Å². The first kappa shape index (κ1) is 16.0. The van der Waals surface area contributed by atoms with Crippen LogP contribution in [0, 0.1) is 5.41 Å². The van der Waals surface area contributed by atoms with Gasteiger partial charge in [-0.25, -0.2) is 9.97 Å². The van der Waals surface area contributed by atoms with Crippen LogP contribution in [0.15, 0.2) is 6.07 Å². The first-order valence-corrected chi connectivity index (χ1v) is 8.18. The Bertz CT molecular complexity index is 446. The third-order valence-corrected chi connectivity index (χ3v) is 4.05. The monoisotopic (exact) mass is 292 g/mol. The number of nitrogens with one attached hydrogen (secondary N) is 2. The van der Waals surface area contributed by atoms with Crippen LogP contribution >= 0.6 is 0 Å². The molecule has 0 unspecified atom stereocenters. The third-order valence-electron chi connectivity index (χ3n) is 4.05. The number of aryl methyl sites for hydroxylation is 1. The van der Waals surface area contributed by atoms with Crippen LogP contribution in [-0.2, 0) is 6.42 Å². The van der Waals surface area contributed by atoms with Crippen LogP contribution < -0.4 is 10.6 Å². The quantitative estimate of drug-likeness (QED) is 0.618. The lowest BCUT2D eigenvalue weighted by atomic mass is 10.0. The first-order chi connectivity index (χ1) is 10.2. The normalized spacial score (nSPS) is 15.8. The number of nitrogens with zero attached hydrogens (tertiary/aromatic N) is 2. The van der Waals surface area contributed by atoms with E-state index in [2.05, 4.69) is 34.4 Å². The lowest BCUT2D eigenvalue weighted by Gasteiger charge is -2.16. The second kappa shape index (κ2) is 7.59. The van der Waals surface area contributed by atoms with Gasteiger partial charge in [-0.3, -0.25) is 0 Å². The highest BCUT2D eigenvalue weighted by atomic mass is 16.3. The van der Waals surface area contributed by atoms with Crippen molar-refractivity contribution < 1.29 is 5.11 Å². The minimum Gasteiger partial charge on any atom is -0.396 e. The molecule has 5 nitrogen and oxygen atoms in total. The lowest BCUT2D eigenvalue weighted by Crippen LogP contribution is -2.18. The molecule has 0 atom stereocenters. The summed E-state index contributed by atoms with van der Waals surface area (Å²) in [7, 11) is 0. The Hall–Kier alpha value is -1.36. The Morgan fingerprint density at radius 3 is 2.43 bits per heavy atom. The van der Waals surface area contributed by atoms with Gasteiger partial charge in [-0.2, -0.15) is 0 Å². The summed E-state index contributed by atoms with van der Waals surface area (Å²) in [5, 5.41) is 15.9. The van der Waals surface area contributed by atoms with E-state index in [4.69, 9.17) is 5.11 Å². The molecule has 21 heavy (non-hydrogen) atoms. The van der Waals surface area contributed by atoms with Crippen LogP contribution in [0.4, 0.5) is 11.6 Å². The first-order valence-electron chi connectivity index (χ1n) is 8.18. The zero-order valence-electron chi connectivity index (χ0n) is 13.3. The Morgan fingerprint density at radius 2 is 1.86 bits per heavy atom. The summed E-state index contributed by atoms with van der Waals surface area (Å²) >= 11 is 0. The van der Waals surface area contributed by atoms with Crippen molar-refractivity contribution in [3.8, 4) is 0 Å². The van der Waals surface area contributed by atoms with Crippen LogP contribution in [0.1, 0.15) is 51.8 Å². The largest absolute Gasteiger partial charge is 0.396 e. The van der Waals surface area contributed by atoms with Gasteiger partial charge in [0.05, 0.1) is 0 Å². The Morgan fingerprint density at radius 1 is 1.14 bits per heavy atom. The maximum Gasteiger partial charge on any atom is 0.133 e. The maximum atomic E-state index is 9.13. The average molecular weight is 292 g/mol. The molecule has 118 valence electrons. The molecule has 0 spiro atoms. The van der Waals surface area contributed by atoms with Gasteiger partial charge in [0.15, 0.2) is 0 Å². The van der Waals surface area contributed by atoms with Crippen molar-refractivity contribution >= 4 is 11.6 Å². The molecule has 1 aromatic heterocycles.